The molecule has 2 aromatic rings. The number of nitrogens with one attached hydrogen (secondary N) is 2. The van der Waals surface area contributed by atoms with Crippen molar-refractivity contribution in [3.05, 3.63) is 35.5 Å². The molecule has 1 aromatic carbocycles. The standard InChI is InChI=1S/C17H23N3/c1-12-16(14-4-2-3-5-15(14)19-12)17(13-6-7-13)20-10-8-18-9-11-20/h2-5,13,17-19H,6-11H2,1H3/t17-/m0/s1. The lowest BCUT2D eigenvalue weighted by Crippen LogP contribution is -2.45. The summed E-state index contributed by atoms with van der Waals surface area (Å²) < 4.78 is 0. The maximum atomic E-state index is 3.59. The van der Waals surface area contributed by atoms with Crippen molar-refractivity contribution in [2.75, 3.05) is 26.2 Å². The second-order valence-electron chi connectivity index (χ2n) is 6.28. The first-order valence-corrected chi connectivity index (χ1v) is 7.86. The van der Waals surface area contributed by atoms with Gasteiger partial charge in [-0.05, 0) is 37.3 Å². The summed E-state index contributed by atoms with van der Waals surface area (Å²) in [4.78, 5) is 6.29. The van der Waals surface area contributed by atoms with E-state index in [0.29, 0.717) is 6.04 Å². The molecule has 1 atom stereocenters. The number of nitrogens with zero attached hydrogens (tertiary/aromatic N) is 1. The van der Waals surface area contributed by atoms with Crippen LogP contribution in [0, 0.1) is 12.8 Å². The molecule has 2 N–H and O–H groups in total. The van der Waals surface area contributed by atoms with Crippen molar-refractivity contribution in [2.24, 2.45) is 5.92 Å². The summed E-state index contributed by atoms with van der Waals surface area (Å²) >= 11 is 0. The molecule has 4 rings (SSSR count). The lowest BCUT2D eigenvalue weighted by molar-refractivity contribution is 0.156. The number of H-pyrrole nitrogens is 1. The Balaban J connectivity index is 1.79. The highest BCUT2D eigenvalue weighted by molar-refractivity contribution is 5.85. The Labute approximate surface area is 120 Å². The van der Waals surface area contributed by atoms with E-state index in [9.17, 15) is 0 Å². The largest absolute Gasteiger partial charge is 0.358 e. The quantitative estimate of drug-likeness (QED) is 0.897. The van der Waals surface area contributed by atoms with E-state index >= 15 is 0 Å². The van der Waals surface area contributed by atoms with Gasteiger partial charge in [-0.1, -0.05) is 18.2 Å². The van der Waals surface area contributed by atoms with Crippen molar-refractivity contribution < 1.29 is 0 Å². The number of aromatic nitrogens is 1. The SMILES string of the molecule is Cc1[nH]c2ccccc2c1[C@H](C1CC1)N1CCNCC1. The molecular weight excluding hydrogens is 246 g/mol. The van der Waals surface area contributed by atoms with E-state index in [2.05, 4.69) is 46.4 Å². The zero-order valence-corrected chi connectivity index (χ0v) is 12.2. The molecule has 1 saturated heterocycles. The lowest BCUT2D eigenvalue weighted by Gasteiger charge is -2.35. The molecule has 2 heterocycles. The number of piperazine rings is 1. The Morgan fingerprint density at radius 1 is 1.15 bits per heavy atom. The zero-order chi connectivity index (χ0) is 13.5. The third kappa shape index (κ3) is 2.05. The predicted molar refractivity (Wildman–Crippen MR) is 82.9 cm³/mol. The molecular formula is C17H23N3. The summed E-state index contributed by atoms with van der Waals surface area (Å²) in [7, 11) is 0. The van der Waals surface area contributed by atoms with Gasteiger partial charge in [-0.15, -0.1) is 0 Å². The molecule has 20 heavy (non-hydrogen) atoms. The minimum atomic E-state index is 0.619. The Kier molecular flexibility index (Phi) is 3.04. The van der Waals surface area contributed by atoms with Gasteiger partial charge in [0.2, 0.25) is 0 Å². The van der Waals surface area contributed by atoms with Crippen LogP contribution >= 0.6 is 0 Å². The summed E-state index contributed by atoms with van der Waals surface area (Å²) in [5.41, 5.74) is 4.22. The highest BCUT2D eigenvalue weighted by atomic mass is 15.2. The molecule has 0 bridgehead atoms. The molecule has 1 aromatic heterocycles. The van der Waals surface area contributed by atoms with E-state index in [1.165, 1.54) is 42.5 Å². The van der Waals surface area contributed by atoms with Gasteiger partial charge < -0.3 is 10.3 Å². The van der Waals surface area contributed by atoms with Crippen LogP contribution in [0.3, 0.4) is 0 Å². The number of hydrogen-bond donors (Lipinski definition) is 2. The van der Waals surface area contributed by atoms with Gasteiger partial charge in [-0.3, -0.25) is 4.90 Å². The lowest BCUT2D eigenvalue weighted by atomic mass is 9.97. The molecule has 106 valence electrons. The van der Waals surface area contributed by atoms with Crippen molar-refractivity contribution in [3.8, 4) is 0 Å². The second-order valence-corrected chi connectivity index (χ2v) is 6.28. The van der Waals surface area contributed by atoms with Crippen molar-refractivity contribution in [2.45, 2.75) is 25.8 Å². The monoisotopic (exact) mass is 269 g/mol. The molecule has 2 aliphatic rings. The van der Waals surface area contributed by atoms with Crippen LogP contribution in [0.15, 0.2) is 24.3 Å². The Bertz CT molecular complexity index is 606. The Morgan fingerprint density at radius 3 is 2.65 bits per heavy atom. The fraction of sp³-hybridized carbons (Fsp3) is 0.529. The molecule has 0 unspecified atom stereocenters. The summed E-state index contributed by atoms with van der Waals surface area (Å²) in [6.45, 7) is 6.86. The number of rotatable bonds is 3. The van der Waals surface area contributed by atoms with E-state index in [4.69, 9.17) is 0 Å². The third-order valence-electron chi connectivity index (χ3n) is 4.85. The third-order valence-corrected chi connectivity index (χ3v) is 4.85. The molecule has 0 amide bonds. The van der Waals surface area contributed by atoms with Crippen LogP contribution in [-0.2, 0) is 0 Å². The normalized spacial score (nSPS) is 22.2. The average Bonchev–Trinajstić information content (AvgIpc) is 3.25. The highest BCUT2D eigenvalue weighted by Crippen LogP contribution is 2.47. The molecule has 1 saturated carbocycles. The van der Waals surface area contributed by atoms with Crippen molar-refractivity contribution in [1.82, 2.24) is 15.2 Å². The topological polar surface area (TPSA) is 31.1 Å². The van der Waals surface area contributed by atoms with E-state index in [1.807, 2.05) is 0 Å². The second kappa shape index (κ2) is 4.90. The van der Waals surface area contributed by atoms with Crippen LogP contribution in [0.2, 0.25) is 0 Å². The van der Waals surface area contributed by atoms with E-state index in [-0.39, 0.29) is 0 Å². The van der Waals surface area contributed by atoms with Crippen molar-refractivity contribution >= 4 is 10.9 Å². The van der Waals surface area contributed by atoms with Gasteiger partial charge in [0.15, 0.2) is 0 Å². The van der Waals surface area contributed by atoms with E-state index < -0.39 is 0 Å². The van der Waals surface area contributed by atoms with Gasteiger partial charge >= 0.3 is 0 Å². The van der Waals surface area contributed by atoms with Crippen LogP contribution in [0.4, 0.5) is 0 Å². The van der Waals surface area contributed by atoms with Crippen LogP contribution in [0.25, 0.3) is 10.9 Å². The molecule has 1 aliphatic carbocycles. The maximum absolute atomic E-state index is 3.59. The summed E-state index contributed by atoms with van der Waals surface area (Å²) in [5.74, 6) is 0.867. The van der Waals surface area contributed by atoms with Gasteiger partial charge in [0, 0.05) is 48.8 Å². The summed E-state index contributed by atoms with van der Waals surface area (Å²) in [5, 5.41) is 4.91. The number of para-hydroxylation sites is 1. The van der Waals surface area contributed by atoms with Crippen LogP contribution in [-0.4, -0.2) is 36.1 Å². The van der Waals surface area contributed by atoms with E-state index in [0.717, 1.165) is 19.0 Å². The molecule has 3 nitrogen and oxygen atoms in total. The molecule has 1 aliphatic heterocycles. The van der Waals surface area contributed by atoms with Crippen molar-refractivity contribution in [1.29, 1.82) is 0 Å². The first-order valence-electron chi connectivity index (χ1n) is 7.86. The predicted octanol–water partition coefficient (Wildman–Crippen LogP) is 2.83. The van der Waals surface area contributed by atoms with Gasteiger partial charge in [0.1, 0.15) is 0 Å². The molecule has 3 heteroatoms. The Hall–Kier alpha value is -1.32. The summed E-state index contributed by atoms with van der Waals surface area (Å²) in [6.07, 6.45) is 2.79. The number of fused-ring (bicyclic) bond motifs is 1. The van der Waals surface area contributed by atoms with Crippen LogP contribution in [0.1, 0.15) is 30.1 Å². The maximum Gasteiger partial charge on any atom is 0.0459 e. The van der Waals surface area contributed by atoms with E-state index in [1.54, 1.807) is 5.56 Å². The molecule has 0 spiro atoms. The fourth-order valence-electron chi connectivity index (χ4n) is 3.77. The zero-order valence-electron chi connectivity index (χ0n) is 12.2. The van der Waals surface area contributed by atoms with Crippen molar-refractivity contribution in [3.63, 3.8) is 0 Å². The average molecular weight is 269 g/mol. The Morgan fingerprint density at radius 2 is 1.90 bits per heavy atom. The minimum Gasteiger partial charge on any atom is -0.358 e. The van der Waals surface area contributed by atoms with Crippen LogP contribution < -0.4 is 5.32 Å². The van der Waals surface area contributed by atoms with Gasteiger partial charge in [0.25, 0.3) is 0 Å². The van der Waals surface area contributed by atoms with Gasteiger partial charge in [0.05, 0.1) is 0 Å². The molecule has 0 radical (unpaired) electrons. The first-order chi connectivity index (χ1) is 9.84. The number of aryl methyl sites for hydroxylation is 1. The minimum absolute atomic E-state index is 0.619. The summed E-state index contributed by atoms with van der Waals surface area (Å²) in [6, 6.07) is 9.40. The van der Waals surface area contributed by atoms with Gasteiger partial charge in [-0.25, -0.2) is 0 Å². The number of aromatic amines is 1. The highest BCUT2D eigenvalue weighted by Gasteiger charge is 2.38. The first kappa shape index (κ1) is 12.4. The van der Waals surface area contributed by atoms with Crippen LogP contribution in [0.5, 0.6) is 0 Å². The van der Waals surface area contributed by atoms with Gasteiger partial charge in [-0.2, -0.15) is 0 Å². The number of hydrogen-bond acceptors (Lipinski definition) is 2. The molecule has 2 fully saturated rings. The fourth-order valence-corrected chi connectivity index (χ4v) is 3.77. The smallest absolute Gasteiger partial charge is 0.0459 e. The number of benzene rings is 1.